The van der Waals surface area contributed by atoms with Crippen LogP contribution >= 0.6 is 27.5 Å². The number of benzene rings is 2. The van der Waals surface area contributed by atoms with Crippen molar-refractivity contribution in [2.24, 2.45) is 4.99 Å². The van der Waals surface area contributed by atoms with Crippen LogP contribution in [-0.4, -0.2) is 25.1 Å². The number of hydrogen-bond donors (Lipinski definition) is 0. The van der Waals surface area contributed by atoms with Crippen LogP contribution in [-0.2, 0) is 9.53 Å². The summed E-state index contributed by atoms with van der Waals surface area (Å²) in [7, 11) is 0. The molecule has 0 N–H and O–H groups in total. The first-order valence-corrected chi connectivity index (χ1v) is 10.1. The second-order valence-corrected chi connectivity index (χ2v) is 7.19. The fraction of sp³-hybridized carbons (Fsp3) is 0.238. The van der Waals surface area contributed by atoms with Crippen molar-refractivity contribution in [2.75, 3.05) is 13.2 Å². The maximum atomic E-state index is 12.3. The summed E-state index contributed by atoms with van der Waals surface area (Å²) in [5.74, 6) is 0.754. The van der Waals surface area contributed by atoms with Crippen molar-refractivity contribution >= 4 is 45.5 Å². The van der Waals surface area contributed by atoms with Crippen LogP contribution in [0, 0.1) is 0 Å². The van der Waals surface area contributed by atoms with Gasteiger partial charge < -0.3 is 14.2 Å². The fourth-order valence-corrected chi connectivity index (χ4v) is 3.32. The molecule has 0 saturated carbocycles. The average molecular weight is 465 g/mol. The molecule has 5 nitrogen and oxygen atoms in total. The van der Waals surface area contributed by atoms with Crippen molar-refractivity contribution in [3.8, 4) is 11.5 Å². The van der Waals surface area contributed by atoms with Crippen molar-refractivity contribution in [1.82, 2.24) is 0 Å². The van der Waals surface area contributed by atoms with Crippen molar-refractivity contribution in [2.45, 2.75) is 20.3 Å². The van der Waals surface area contributed by atoms with Crippen LogP contribution in [0.25, 0.3) is 6.08 Å². The maximum absolute atomic E-state index is 12.3. The molecule has 7 heteroatoms. The third kappa shape index (κ3) is 4.56. The summed E-state index contributed by atoms with van der Waals surface area (Å²) in [5.41, 5.74) is 1.56. The van der Waals surface area contributed by atoms with Gasteiger partial charge in [-0.1, -0.05) is 30.7 Å². The lowest BCUT2D eigenvalue weighted by molar-refractivity contribution is -0.129. The molecule has 1 aliphatic heterocycles. The first kappa shape index (κ1) is 20.4. The van der Waals surface area contributed by atoms with Gasteiger partial charge in [-0.2, -0.15) is 0 Å². The van der Waals surface area contributed by atoms with E-state index in [9.17, 15) is 4.79 Å². The molecule has 0 fully saturated rings. The highest BCUT2D eigenvalue weighted by molar-refractivity contribution is 9.10. The zero-order valence-electron chi connectivity index (χ0n) is 15.5. The Morgan fingerprint density at radius 3 is 2.71 bits per heavy atom. The standard InChI is InChI=1S/C21H19BrClNO4/c1-3-9-27-19-16(23)10-13(12-18(19)26-4-2)11-17-21(25)28-20(24-17)14-7-5-6-8-15(14)22/h5-8,10-12H,3-4,9H2,1-2H3/b17-11-. The molecule has 1 aliphatic rings. The summed E-state index contributed by atoms with van der Waals surface area (Å²) in [6, 6.07) is 10.9. The number of cyclic esters (lactones) is 1. The lowest BCUT2D eigenvalue weighted by atomic mass is 10.1. The highest BCUT2D eigenvalue weighted by atomic mass is 79.9. The van der Waals surface area contributed by atoms with Crippen LogP contribution in [0.1, 0.15) is 31.4 Å². The topological polar surface area (TPSA) is 57.1 Å². The van der Waals surface area contributed by atoms with Gasteiger partial charge in [-0.15, -0.1) is 0 Å². The Bertz CT molecular complexity index is 955. The van der Waals surface area contributed by atoms with Crippen LogP contribution in [0.2, 0.25) is 5.02 Å². The molecule has 0 saturated heterocycles. The zero-order chi connectivity index (χ0) is 20.1. The van der Waals surface area contributed by atoms with E-state index in [4.69, 9.17) is 25.8 Å². The van der Waals surface area contributed by atoms with Gasteiger partial charge in [-0.3, -0.25) is 0 Å². The van der Waals surface area contributed by atoms with Gasteiger partial charge >= 0.3 is 5.97 Å². The Balaban J connectivity index is 1.96. The number of halogens is 2. The Labute approximate surface area is 177 Å². The van der Waals surface area contributed by atoms with Crippen LogP contribution in [0.15, 0.2) is 51.6 Å². The number of nitrogens with zero attached hydrogens (tertiary/aromatic N) is 1. The molecule has 1 heterocycles. The molecule has 0 radical (unpaired) electrons. The van der Waals surface area contributed by atoms with Gasteiger partial charge in [0.05, 0.1) is 23.8 Å². The molecule has 3 rings (SSSR count). The normalized spacial score (nSPS) is 14.8. The number of esters is 1. The Hall–Kier alpha value is -2.31. The van der Waals surface area contributed by atoms with Crippen LogP contribution in [0.4, 0.5) is 0 Å². The molecular weight excluding hydrogens is 446 g/mol. The zero-order valence-corrected chi connectivity index (χ0v) is 17.8. The lowest BCUT2D eigenvalue weighted by Gasteiger charge is -2.14. The summed E-state index contributed by atoms with van der Waals surface area (Å²) in [6.45, 7) is 4.89. The number of rotatable bonds is 7. The van der Waals surface area contributed by atoms with E-state index >= 15 is 0 Å². The minimum atomic E-state index is -0.522. The molecule has 2 aromatic carbocycles. The minimum absolute atomic E-state index is 0.187. The number of aliphatic imine (C=N–C) groups is 1. The first-order valence-electron chi connectivity index (χ1n) is 8.90. The molecular formula is C21H19BrClNO4. The van der Waals surface area contributed by atoms with E-state index in [1.54, 1.807) is 18.2 Å². The summed E-state index contributed by atoms with van der Waals surface area (Å²) in [5, 5.41) is 0.410. The third-order valence-corrected chi connectivity index (χ3v) is 4.78. The number of ether oxygens (including phenoxy) is 3. The molecule has 2 aromatic rings. The molecule has 146 valence electrons. The molecule has 0 aromatic heterocycles. The van der Waals surface area contributed by atoms with Gasteiger partial charge in [0.2, 0.25) is 5.90 Å². The van der Waals surface area contributed by atoms with E-state index in [1.807, 2.05) is 38.1 Å². The smallest absolute Gasteiger partial charge is 0.363 e. The summed E-state index contributed by atoms with van der Waals surface area (Å²) in [6.07, 6.45) is 2.47. The molecule has 0 bridgehead atoms. The van der Waals surface area contributed by atoms with E-state index in [2.05, 4.69) is 20.9 Å². The van der Waals surface area contributed by atoms with Crippen LogP contribution < -0.4 is 9.47 Å². The summed E-state index contributed by atoms with van der Waals surface area (Å²) >= 11 is 9.82. The summed E-state index contributed by atoms with van der Waals surface area (Å²) < 4.78 is 17.5. The Kier molecular flexibility index (Phi) is 6.75. The fourth-order valence-electron chi connectivity index (χ4n) is 2.60. The summed E-state index contributed by atoms with van der Waals surface area (Å²) in [4.78, 5) is 16.6. The maximum Gasteiger partial charge on any atom is 0.363 e. The van der Waals surface area contributed by atoms with E-state index < -0.39 is 5.97 Å². The predicted molar refractivity (Wildman–Crippen MR) is 113 cm³/mol. The molecule has 0 amide bonds. The average Bonchev–Trinajstić information content (AvgIpc) is 3.02. The van der Waals surface area contributed by atoms with E-state index in [-0.39, 0.29) is 11.6 Å². The molecule has 0 atom stereocenters. The molecule has 0 aliphatic carbocycles. The highest BCUT2D eigenvalue weighted by Gasteiger charge is 2.25. The number of carbonyl (C=O) groups is 1. The quantitative estimate of drug-likeness (QED) is 0.393. The van der Waals surface area contributed by atoms with Crippen molar-refractivity contribution < 1.29 is 19.0 Å². The Morgan fingerprint density at radius 2 is 2.00 bits per heavy atom. The lowest BCUT2D eigenvalue weighted by Crippen LogP contribution is -2.05. The van der Waals surface area contributed by atoms with Gasteiger partial charge in [0.15, 0.2) is 17.2 Å². The van der Waals surface area contributed by atoms with Crippen LogP contribution in [0.5, 0.6) is 11.5 Å². The van der Waals surface area contributed by atoms with Crippen molar-refractivity contribution in [3.05, 3.63) is 62.7 Å². The second-order valence-electron chi connectivity index (χ2n) is 5.93. The largest absolute Gasteiger partial charge is 0.490 e. The van der Waals surface area contributed by atoms with Crippen LogP contribution in [0.3, 0.4) is 0 Å². The minimum Gasteiger partial charge on any atom is -0.490 e. The van der Waals surface area contributed by atoms with E-state index in [0.717, 1.165) is 10.9 Å². The molecule has 28 heavy (non-hydrogen) atoms. The second kappa shape index (κ2) is 9.26. The number of hydrogen-bond acceptors (Lipinski definition) is 5. The van der Waals surface area contributed by atoms with Crippen molar-refractivity contribution in [3.63, 3.8) is 0 Å². The Morgan fingerprint density at radius 1 is 1.21 bits per heavy atom. The van der Waals surface area contributed by atoms with Gasteiger partial charge in [0.25, 0.3) is 0 Å². The molecule has 0 unspecified atom stereocenters. The van der Waals surface area contributed by atoms with Gasteiger partial charge in [-0.25, -0.2) is 9.79 Å². The third-order valence-electron chi connectivity index (χ3n) is 3.81. The highest BCUT2D eigenvalue weighted by Crippen LogP contribution is 2.37. The van der Waals surface area contributed by atoms with Crippen molar-refractivity contribution in [1.29, 1.82) is 0 Å². The van der Waals surface area contributed by atoms with E-state index in [1.165, 1.54) is 0 Å². The first-order chi connectivity index (χ1) is 13.5. The monoisotopic (exact) mass is 463 g/mol. The number of carbonyl (C=O) groups excluding carboxylic acids is 1. The predicted octanol–water partition coefficient (Wildman–Crippen LogP) is 5.63. The van der Waals surface area contributed by atoms with Gasteiger partial charge in [0.1, 0.15) is 0 Å². The van der Waals surface area contributed by atoms with E-state index in [0.29, 0.717) is 40.9 Å². The van der Waals surface area contributed by atoms with Gasteiger partial charge in [-0.05, 0) is 65.2 Å². The SMILES string of the molecule is CCCOc1c(Cl)cc(/C=C2\N=C(c3ccccc3Br)OC2=O)cc1OCC. The van der Waals surface area contributed by atoms with Gasteiger partial charge in [0, 0.05) is 4.47 Å². The molecule has 0 spiro atoms.